The molecule has 0 saturated heterocycles. The SMILES string of the molecule is FC(F)COCCc1nc(Cl)c(Br)c(C2CC2)n1. The van der Waals surface area contributed by atoms with Crippen molar-refractivity contribution in [3.63, 3.8) is 0 Å². The lowest BCUT2D eigenvalue weighted by Crippen LogP contribution is -2.09. The quantitative estimate of drug-likeness (QED) is 0.586. The summed E-state index contributed by atoms with van der Waals surface area (Å²) < 4.78 is 29.3. The van der Waals surface area contributed by atoms with Crippen molar-refractivity contribution in [1.29, 1.82) is 0 Å². The third kappa shape index (κ3) is 3.83. The van der Waals surface area contributed by atoms with Crippen LogP contribution in [0.4, 0.5) is 8.78 Å². The smallest absolute Gasteiger partial charge is 0.261 e. The number of aromatic nitrogens is 2. The zero-order chi connectivity index (χ0) is 13.1. The molecule has 1 heterocycles. The zero-order valence-electron chi connectivity index (χ0n) is 9.50. The molecule has 0 radical (unpaired) electrons. The van der Waals surface area contributed by atoms with Gasteiger partial charge in [-0.3, -0.25) is 0 Å². The summed E-state index contributed by atoms with van der Waals surface area (Å²) in [5.41, 5.74) is 0.916. The molecule has 1 aliphatic rings. The monoisotopic (exact) mass is 340 g/mol. The minimum Gasteiger partial charge on any atom is -0.375 e. The van der Waals surface area contributed by atoms with Crippen molar-refractivity contribution in [3.05, 3.63) is 21.1 Å². The van der Waals surface area contributed by atoms with E-state index in [2.05, 4.69) is 25.9 Å². The van der Waals surface area contributed by atoms with E-state index in [-0.39, 0.29) is 6.61 Å². The minimum atomic E-state index is -2.44. The van der Waals surface area contributed by atoms with E-state index in [0.717, 1.165) is 23.0 Å². The molecule has 0 N–H and O–H groups in total. The molecule has 3 nitrogen and oxygen atoms in total. The Morgan fingerprint density at radius 2 is 2.11 bits per heavy atom. The van der Waals surface area contributed by atoms with Gasteiger partial charge in [-0.15, -0.1) is 0 Å². The summed E-state index contributed by atoms with van der Waals surface area (Å²) >= 11 is 9.36. The molecule has 0 unspecified atom stereocenters. The lowest BCUT2D eigenvalue weighted by atomic mass is 10.3. The van der Waals surface area contributed by atoms with Gasteiger partial charge in [0, 0.05) is 12.3 Å². The van der Waals surface area contributed by atoms with Gasteiger partial charge in [-0.1, -0.05) is 11.6 Å². The van der Waals surface area contributed by atoms with Crippen LogP contribution >= 0.6 is 27.5 Å². The van der Waals surface area contributed by atoms with Crippen LogP contribution in [0.15, 0.2) is 4.47 Å². The second-order valence-electron chi connectivity index (χ2n) is 4.12. The molecule has 0 bridgehead atoms. The standard InChI is InChI=1S/C11H12BrClF2N2O/c12-9-10(6-1-2-6)16-8(17-11(9)13)3-4-18-5-7(14)15/h6-7H,1-5H2. The summed E-state index contributed by atoms with van der Waals surface area (Å²) in [6.07, 6.45) is 0.154. The fourth-order valence-electron chi connectivity index (χ4n) is 1.56. The van der Waals surface area contributed by atoms with Crippen LogP contribution in [-0.2, 0) is 11.2 Å². The molecule has 1 aromatic heterocycles. The molecule has 2 rings (SSSR count). The van der Waals surface area contributed by atoms with Crippen LogP contribution in [0.3, 0.4) is 0 Å². The van der Waals surface area contributed by atoms with Crippen LogP contribution in [-0.4, -0.2) is 29.6 Å². The highest BCUT2D eigenvalue weighted by molar-refractivity contribution is 9.10. The topological polar surface area (TPSA) is 35.0 Å². The first-order valence-electron chi connectivity index (χ1n) is 5.65. The first-order valence-corrected chi connectivity index (χ1v) is 6.82. The maximum atomic E-state index is 11.9. The van der Waals surface area contributed by atoms with Gasteiger partial charge in [-0.25, -0.2) is 18.7 Å². The van der Waals surface area contributed by atoms with Crippen LogP contribution < -0.4 is 0 Å². The Kier molecular flexibility index (Phi) is 4.86. The highest BCUT2D eigenvalue weighted by atomic mass is 79.9. The number of alkyl halides is 2. The summed E-state index contributed by atoms with van der Waals surface area (Å²) in [5.74, 6) is 0.986. The van der Waals surface area contributed by atoms with Crippen molar-refractivity contribution < 1.29 is 13.5 Å². The van der Waals surface area contributed by atoms with Gasteiger partial charge in [-0.2, -0.15) is 0 Å². The molecule has 1 saturated carbocycles. The number of halogens is 4. The van der Waals surface area contributed by atoms with E-state index in [1.165, 1.54) is 0 Å². The van der Waals surface area contributed by atoms with Gasteiger partial charge in [0.2, 0.25) is 0 Å². The fraction of sp³-hybridized carbons (Fsp3) is 0.636. The van der Waals surface area contributed by atoms with E-state index in [1.807, 2.05) is 0 Å². The molecule has 100 valence electrons. The number of nitrogens with zero attached hydrogens (tertiary/aromatic N) is 2. The third-order valence-corrected chi connectivity index (χ3v) is 3.84. The normalized spacial score (nSPS) is 15.4. The van der Waals surface area contributed by atoms with E-state index in [4.69, 9.17) is 16.3 Å². The second-order valence-corrected chi connectivity index (χ2v) is 5.27. The third-order valence-electron chi connectivity index (χ3n) is 2.56. The average molecular weight is 342 g/mol. The highest BCUT2D eigenvalue weighted by Gasteiger charge is 2.29. The Morgan fingerprint density at radius 1 is 1.39 bits per heavy atom. The van der Waals surface area contributed by atoms with Crippen molar-refractivity contribution in [2.24, 2.45) is 0 Å². The molecule has 7 heteroatoms. The molecular weight excluding hydrogens is 329 g/mol. The van der Waals surface area contributed by atoms with Gasteiger partial charge in [-0.05, 0) is 28.8 Å². The summed E-state index contributed by atoms with van der Waals surface area (Å²) in [5, 5.41) is 0.371. The number of hydrogen-bond donors (Lipinski definition) is 0. The first-order chi connectivity index (χ1) is 8.58. The van der Waals surface area contributed by atoms with Crippen LogP contribution in [0.25, 0.3) is 0 Å². The maximum absolute atomic E-state index is 11.9. The summed E-state index contributed by atoms with van der Waals surface area (Å²) in [6, 6.07) is 0. The van der Waals surface area contributed by atoms with Crippen LogP contribution in [0.5, 0.6) is 0 Å². The Bertz CT molecular complexity index is 430. The zero-order valence-corrected chi connectivity index (χ0v) is 11.8. The highest BCUT2D eigenvalue weighted by Crippen LogP contribution is 2.43. The molecule has 0 aliphatic heterocycles. The fourth-order valence-corrected chi connectivity index (χ4v) is 2.25. The molecule has 0 spiro atoms. The summed E-state index contributed by atoms with van der Waals surface area (Å²) in [7, 11) is 0. The molecule has 0 amide bonds. The van der Waals surface area contributed by atoms with Crippen molar-refractivity contribution in [2.45, 2.75) is 31.6 Å². The molecule has 0 atom stereocenters. The number of rotatable bonds is 6. The molecule has 1 fully saturated rings. The van der Waals surface area contributed by atoms with Gasteiger partial charge in [0.25, 0.3) is 6.43 Å². The van der Waals surface area contributed by atoms with E-state index in [1.54, 1.807) is 0 Å². The Morgan fingerprint density at radius 3 is 2.72 bits per heavy atom. The lowest BCUT2D eigenvalue weighted by molar-refractivity contribution is 0.0182. The average Bonchev–Trinajstić information content (AvgIpc) is 3.12. The van der Waals surface area contributed by atoms with Crippen molar-refractivity contribution in [3.8, 4) is 0 Å². The maximum Gasteiger partial charge on any atom is 0.261 e. The Balaban J connectivity index is 1.96. The van der Waals surface area contributed by atoms with Gasteiger partial charge in [0.1, 0.15) is 17.6 Å². The predicted octanol–water partition coefficient (Wildman–Crippen LogP) is 3.59. The van der Waals surface area contributed by atoms with Gasteiger partial charge in [0.05, 0.1) is 16.8 Å². The van der Waals surface area contributed by atoms with E-state index < -0.39 is 13.0 Å². The van der Waals surface area contributed by atoms with Crippen LogP contribution in [0.2, 0.25) is 5.15 Å². The van der Waals surface area contributed by atoms with Gasteiger partial charge < -0.3 is 4.74 Å². The number of ether oxygens (including phenoxy) is 1. The molecule has 0 aromatic carbocycles. The lowest BCUT2D eigenvalue weighted by Gasteiger charge is -2.07. The van der Waals surface area contributed by atoms with Crippen molar-refractivity contribution in [1.82, 2.24) is 9.97 Å². The number of hydrogen-bond acceptors (Lipinski definition) is 3. The summed E-state index contributed by atoms with van der Waals surface area (Å²) in [6.45, 7) is -0.383. The second kappa shape index (κ2) is 6.21. The first kappa shape index (κ1) is 14.1. The van der Waals surface area contributed by atoms with Gasteiger partial charge in [0.15, 0.2) is 0 Å². The molecular formula is C11H12BrClF2N2O. The Labute approximate surface area is 117 Å². The van der Waals surface area contributed by atoms with Crippen LogP contribution in [0, 0.1) is 0 Å². The predicted molar refractivity (Wildman–Crippen MR) is 67.2 cm³/mol. The Hall–Kier alpha value is -0.330. The van der Waals surface area contributed by atoms with Crippen molar-refractivity contribution in [2.75, 3.05) is 13.2 Å². The van der Waals surface area contributed by atoms with Crippen molar-refractivity contribution >= 4 is 27.5 Å². The van der Waals surface area contributed by atoms with E-state index in [9.17, 15) is 8.78 Å². The molecule has 1 aromatic rings. The van der Waals surface area contributed by atoms with Crippen LogP contribution in [0.1, 0.15) is 30.3 Å². The molecule has 18 heavy (non-hydrogen) atoms. The molecule has 1 aliphatic carbocycles. The minimum absolute atomic E-state index is 0.173. The van der Waals surface area contributed by atoms with E-state index in [0.29, 0.717) is 23.3 Å². The summed E-state index contributed by atoms with van der Waals surface area (Å²) in [4.78, 5) is 8.50. The van der Waals surface area contributed by atoms with E-state index >= 15 is 0 Å². The largest absolute Gasteiger partial charge is 0.375 e. The van der Waals surface area contributed by atoms with Gasteiger partial charge >= 0.3 is 0 Å².